The molecule has 4 nitrogen and oxygen atoms in total. The third kappa shape index (κ3) is 3.56. The summed E-state index contributed by atoms with van der Waals surface area (Å²) < 4.78 is 1.79. The summed E-state index contributed by atoms with van der Waals surface area (Å²) in [5.41, 5.74) is 6.74. The maximum absolute atomic E-state index is 4.91. The monoisotopic (exact) mass is 374 g/mol. The smallest absolute Gasteiger partial charge is 0.113 e. The normalized spacial score (nSPS) is 10.8. The second kappa shape index (κ2) is 7.52. The maximum atomic E-state index is 4.91. The highest BCUT2D eigenvalue weighted by molar-refractivity contribution is 5.74. The Labute approximate surface area is 169 Å². The Hall–Kier alpha value is -4.05. The lowest BCUT2D eigenvalue weighted by atomic mass is 10.0. The van der Waals surface area contributed by atoms with E-state index >= 15 is 0 Å². The summed E-state index contributed by atoms with van der Waals surface area (Å²) in [4.78, 5) is 4.91. The van der Waals surface area contributed by atoms with Crippen molar-refractivity contribution in [1.29, 1.82) is 0 Å². The van der Waals surface area contributed by atoms with Crippen LogP contribution in [0, 0.1) is 0 Å². The maximum Gasteiger partial charge on any atom is 0.113 e. The molecule has 5 rings (SSSR count). The van der Waals surface area contributed by atoms with Gasteiger partial charge in [-0.1, -0.05) is 84.1 Å². The molecule has 0 atom stereocenters. The molecule has 0 spiro atoms. The van der Waals surface area contributed by atoms with Gasteiger partial charge >= 0.3 is 0 Å². The first-order chi connectivity index (χ1) is 14.4. The fourth-order valence-electron chi connectivity index (χ4n) is 3.30. The van der Waals surface area contributed by atoms with E-state index in [1.165, 1.54) is 0 Å². The van der Waals surface area contributed by atoms with Gasteiger partial charge in [0, 0.05) is 16.7 Å². The number of benzene rings is 3. The molecule has 0 unspecified atom stereocenters. The van der Waals surface area contributed by atoms with Crippen LogP contribution in [0.25, 0.3) is 39.5 Å². The standard InChI is InChI=1S/C25H18N4/c1-4-10-19(11-5-1)23-16-21(17-24(26-23)20-12-6-2-7-13-20)25-18-29(28-27-25)22-14-8-3-9-15-22/h1-18H. The lowest BCUT2D eigenvalue weighted by Crippen LogP contribution is -1.93. The molecule has 29 heavy (non-hydrogen) atoms. The van der Waals surface area contributed by atoms with E-state index in [0.717, 1.165) is 39.5 Å². The highest BCUT2D eigenvalue weighted by Crippen LogP contribution is 2.29. The first kappa shape index (κ1) is 17.1. The van der Waals surface area contributed by atoms with E-state index in [0.29, 0.717) is 0 Å². The zero-order valence-electron chi connectivity index (χ0n) is 15.7. The van der Waals surface area contributed by atoms with Crippen LogP contribution in [0.3, 0.4) is 0 Å². The van der Waals surface area contributed by atoms with Gasteiger partial charge in [0.1, 0.15) is 5.69 Å². The largest absolute Gasteiger partial charge is 0.248 e. The fraction of sp³-hybridized carbons (Fsp3) is 0. The third-order valence-corrected chi connectivity index (χ3v) is 4.77. The number of hydrogen-bond donors (Lipinski definition) is 0. The molecule has 0 N–H and O–H groups in total. The zero-order chi connectivity index (χ0) is 19.5. The lowest BCUT2D eigenvalue weighted by molar-refractivity contribution is 0.804. The average molecular weight is 374 g/mol. The van der Waals surface area contributed by atoms with Crippen LogP contribution >= 0.6 is 0 Å². The molecule has 0 aliphatic rings. The molecule has 0 saturated carbocycles. The molecule has 0 bridgehead atoms. The van der Waals surface area contributed by atoms with E-state index in [9.17, 15) is 0 Å². The van der Waals surface area contributed by atoms with Crippen molar-refractivity contribution in [2.24, 2.45) is 0 Å². The summed E-state index contributed by atoms with van der Waals surface area (Å²) in [6, 6.07) is 34.5. The molecule has 0 amide bonds. The highest BCUT2D eigenvalue weighted by Gasteiger charge is 2.11. The van der Waals surface area contributed by atoms with Gasteiger partial charge in [0.2, 0.25) is 0 Å². The molecular weight excluding hydrogens is 356 g/mol. The predicted octanol–water partition coefficient (Wildman–Crippen LogP) is 5.66. The Morgan fingerprint density at radius 2 is 1.03 bits per heavy atom. The summed E-state index contributed by atoms with van der Waals surface area (Å²) in [5, 5.41) is 8.73. The third-order valence-electron chi connectivity index (χ3n) is 4.77. The van der Waals surface area contributed by atoms with Gasteiger partial charge in [-0.05, 0) is 24.3 Å². The van der Waals surface area contributed by atoms with E-state index in [1.807, 2.05) is 72.9 Å². The zero-order valence-corrected chi connectivity index (χ0v) is 15.7. The molecule has 2 heterocycles. The van der Waals surface area contributed by atoms with Crippen LogP contribution < -0.4 is 0 Å². The van der Waals surface area contributed by atoms with Crippen molar-refractivity contribution in [3.05, 3.63) is 109 Å². The molecule has 5 aromatic rings. The van der Waals surface area contributed by atoms with Gasteiger partial charge in [0.05, 0.1) is 23.3 Å². The number of rotatable bonds is 4. The lowest BCUT2D eigenvalue weighted by Gasteiger charge is -2.08. The van der Waals surface area contributed by atoms with E-state index in [4.69, 9.17) is 4.98 Å². The van der Waals surface area contributed by atoms with E-state index in [-0.39, 0.29) is 0 Å². The van der Waals surface area contributed by atoms with E-state index < -0.39 is 0 Å². The number of hydrogen-bond acceptors (Lipinski definition) is 3. The second-order valence-electron chi connectivity index (χ2n) is 6.74. The Kier molecular flexibility index (Phi) is 4.43. The van der Waals surface area contributed by atoms with Gasteiger partial charge in [-0.3, -0.25) is 0 Å². The van der Waals surface area contributed by atoms with Crippen molar-refractivity contribution in [2.45, 2.75) is 0 Å². The molecule has 4 heteroatoms. The van der Waals surface area contributed by atoms with Crippen molar-refractivity contribution in [1.82, 2.24) is 20.0 Å². The summed E-state index contributed by atoms with van der Waals surface area (Å²) in [5.74, 6) is 0. The molecule has 2 aromatic heterocycles. The van der Waals surface area contributed by atoms with Crippen LogP contribution in [0.2, 0.25) is 0 Å². The van der Waals surface area contributed by atoms with Crippen LogP contribution in [-0.2, 0) is 0 Å². The van der Waals surface area contributed by atoms with Crippen LogP contribution in [-0.4, -0.2) is 20.0 Å². The van der Waals surface area contributed by atoms with Gasteiger partial charge < -0.3 is 0 Å². The highest BCUT2D eigenvalue weighted by atomic mass is 15.4. The van der Waals surface area contributed by atoms with Gasteiger partial charge in [-0.2, -0.15) is 0 Å². The molecule has 0 radical (unpaired) electrons. The first-order valence-electron chi connectivity index (χ1n) is 9.48. The van der Waals surface area contributed by atoms with Crippen molar-refractivity contribution in [3.63, 3.8) is 0 Å². The quantitative estimate of drug-likeness (QED) is 0.407. The minimum atomic E-state index is 0.811. The van der Waals surface area contributed by atoms with E-state index in [1.54, 1.807) is 4.68 Å². The molecule has 138 valence electrons. The second-order valence-corrected chi connectivity index (χ2v) is 6.74. The molecule has 0 aliphatic carbocycles. The molecule has 0 saturated heterocycles. The van der Waals surface area contributed by atoms with Gasteiger partial charge in [0.25, 0.3) is 0 Å². The average Bonchev–Trinajstić information content (AvgIpc) is 3.31. The van der Waals surface area contributed by atoms with Gasteiger partial charge in [-0.25, -0.2) is 9.67 Å². The molecular formula is C25H18N4. The minimum absolute atomic E-state index is 0.811. The van der Waals surface area contributed by atoms with E-state index in [2.05, 4.69) is 46.7 Å². The van der Waals surface area contributed by atoms with Crippen LogP contribution in [0.4, 0.5) is 0 Å². The Bertz CT molecular complexity index is 1170. The van der Waals surface area contributed by atoms with Gasteiger partial charge in [0.15, 0.2) is 0 Å². The first-order valence-corrected chi connectivity index (χ1v) is 9.48. The summed E-state index contributed by atoms with van der Waals surface area (Å²) in [7, 11) is 0. The van der Waals surface area contributed by atoms with Crippen molar-refractivity contribution < 1.29 is 0 Å². The summed E-state index contributed by atoms with van der Waals surface area (Å²) in [6.07, 6.45) is 1.95. The van der Waals surface area contributed by atoms with Crippen molar-refractivity contribution in [3.8, 4) is 39.5 Å². The van der Waals surface area contributed by atoms with Crippen LogP contribution in [0.1, 0.15) is 0 Å². The topological polar surface area (TPSA) is 43.6 Å². The van der Waals surface area contributed by atoms with Gasteiger partial charge in [-0.15, -0.1) is 5.10 Å². The minimum Gasteiger partial charge on any atom is -0.248 e. The predicted molar refractivity (Wildman–Crippen MR) is 115 cm³/mol. The SMILES string of the molecule is c1ccc(-c2cc(-c3cn(-c4ccccc4)nn3)cc(-c3ccccc3)n2)cc1. The molecule has 0 fully saturated rings. The summed E-state index contributed by atoms with van der Waals surface area (Å²) in [6.45, 7) is 0. The number of nitrogens with zero attached hydrogens (tertiary/aromatic N) is 4. The molecule has 0 aliphatic heterocycles. The summed E-state index contributed by atoms with van der Waals surface area (Å²) >= 11 is 0. The number of pyridine rings is 1. The van der Waals surface area contributed by atoms with Crippen LogP contribution in [0.15, 0.2) is 109 Å². The number of aromatic nitrogens is 4. The Balaban J connectivity index is 1.64. The Morgan fingerprint density at radius 3 is 1.59 bits per heavy atom. The fourth-order valence-corrected chi connectivity index (χ4v) is 3.30. The number of para-hydroxylation sites is 1. The molecule has 3 aromatic carbocycles. The van der Waals surface area contributed by atoms with Crippen LogP contribution in [0.5, 0.6) is 0 Å². The van der Waals surface area contributed by atoms with Crippen molar-refractivity contribution >= 4 is 0 Å². The Morgan fingerprint density at radius 1 is 0.517 bits per heavy atom. The van der Waals surface area contributed by atoms with Crippen molar-refractivity contribution in [2.75, 3.05) is 0 Å².